The van der Waals surface area contributed by atoms with Crippen LogP contribution in [0.3, 0.4) is 0 Å². The lowest BCUT2D eigenvalue weighted by atomic mass is 9.96. The van der Waals surface area contributed by atoms with Gasteiger partial charge >= 0.3 is 7.69 Å². The molecule has 22 aromatic carbocycles. The number of halogens is 3. The highest BCUT2D eigenvalue weighted by Crippen LogP contribution is 2.53. The molecule has 26 aromatic rings. The van der Waals surface area contributed by atoms with Gasteiger partial charge in [-0.2, -0.15) is 0 Å². The molecular formula is C126H79BBrCl2N4O2. The van der Waals surface area contributed by atoms with Gasteiger partial charge in [-0.3, -0.25) is 0 Å². The second-order valence-electron chi connectivity index (χ2n) is 34.9. The summed E-state index contributed by atoms with van der Waals surface area (Å²) in [7, 11) is 0.628. The van der Waals surface area contributed by atoms with Crippen molar-refractivity contribution in [1.82, 2.24) is 18.7 Å². The molecule has 4 aromatic heterocycles. The molecule has 10 heteroatoms. The SMILES string of the molecule is Brc1cc2c3c(cccc3c1)-c1ccccc1-2.Clc1ccc(-c2cc3c4c(cccc4c2)-c2ccccc2-3)cc1.O[B]Oc1ccc(Cl)cc1.c1ccc(-n2c3ccccc3c3cc(-c4ccc5[nH]c6ccccc6c5c4)ccc32)cc1.c1ccc(-n2c3ccccc3c3cc(-c4ccc5c(c4)c4ccccc4n5-c4ccc(-c5cc6c7c(cccc7c5)-c5ccccc5-6)cc4)ccc32)cc1. The minimum Gasteiger partial charge on any atom is -0.537 e. The number of hydrogen-bond donors (Lipinski definition) is 2. The van der Waals surface area contributed by atoms with Crippen LogP contribution >= 0.6 is 39.1 Å². The van der Waals surface area contributed by atoms with Crippen molar-refractivity contribution in [3.63, 3.8) is 0 Å². The predicted molar refractivity (Wildman–Crippen MR) is 578 cm³/mol. The summed E-state index contributed by atoms with van der Waals surface area (Å²) in [5.41, 5.74) is 39.1. The molecule has 6 nitrogen and oxygen atoms in total. The molecular weight excluding hydrogens is 1760 g/mol. The standard InChI is InChI=1S/C52H32N2.C30H20N2.C22H13Cl.C16H9Br.C6H5BClO2/c1-2-12-38(13-3-1)53-48-19-8-6-16-42(48)45-30-34(23-27-50(45)53)35-24-28-51-46(31-35)43-17-7-9-20-49(43)54(51)39-25-21-33(22-26-39)37-29-36-11-10-18-44-40-14-4-5-15-41(40)47(32-37)52(36)44;1-2-8-22(9-3-1)32-29-13-7-5-11-24(29)26-19-21(15-17-30(26)32)20-14-16-28-25(18-20)23-10-4-6-12-27(23)31-28;23-17-10-8-14(9-11-17)16-12-15-4-3-7-20-18-5-1-2-6-19(18)21(13-16)22(15)20;17-11-8-10-4-3-7-14-12-5-1-2-6-13(12)15(9-11)16(10)14;8-5-1-3-6(4-2-5)10-7-9/h1-32H;1-19,31H;1-13H;1-9H;1-4,9H. The van der Waals surface area contributed by atoms with Crippen LogP contribution in [0.4, 0.5) is 0 Å². The van der Waals surface area contributed by atoms with Gasteiger partial charge in [0.1, 0.15) is 5.75 Å². The first-order chi connectivity index (χ1) is 67.1. The molecule has 3 aliphatic rings. The van der Waals surface area contributed by atoms with Crippen molar-refractivity contribution in [2.24, 2.45) is 0 Å². The largest absolute Gasteiger partial charge is 0.569 e. The molecule has 0 fully saturated rings. The first-order valence-corrected chi connectivity index (χ1v) is 47.3. The zero-order valence-corrected chi connectivity index (χ0v) is 76.5. The van der Waals surface area contributed by atoms with E-state index in [9.17, 15) is 0 Å². The number of aromatic nitrogens is 4. The lowest BCUT2D eigenvalue weighted by Crippen LogP contribution is -1.98. The molecule has 0 unspecified atom stereocenters. The molecule has 0 saturated carbocycles. The van der Waals surface area contributed by atoms with Crippen molar-refractivity contribution in [1.29, 1.82) is 0 Å². The Bertz CT molecular complexity index is 9280. The molecule has 0 atom stereocenters. The van der Waals surface area contributed by atoms with Gasteiger partial charge in [0.15, 0.2) is 0 Å². The number of benzene rings is 22. The Morgan fingerprint density at radius 2 is 0.529 bits per heavy atom. The van der Waals surface area contributed by atoms with Crippen LogP contribution in [0, 0.1) is 0 Å². The van der Waals surface area contributed by atoms with E-state index in [-0.39, 0.29) is 0 Å². The maximum absolute atomic E-state index is 8.21. The second-order valence-corrected chi connectivity index (χ2v) is 36.7. The number of aromatic amines is 1. The van der Waals surface area contributed by atoms with Crippen molar-refractivity contribution in [2.75, 3.05) is 0 Å². The summed E-state index contributed by atoms with van der Waals surface area (Å²) >= 11 is 15.2. The number of nitrogens with zero attached hydrogens (tertiary/aromatic N) is 3. The zero-order chi connectivity index (χ0) is 90.6. The molecule has 0 saturated heterocycles. The smallest absolute Gasteiger partial charge is 0.537 e. The van der Waals surface area contributed by atoms with Crippen molar-refractivity contribution in [3.05, 3.63) is 482 Å². The van der Waals surface area contributed by atoms with Gasteiger partial charge in [-0.25, -0.2) is 0 Å². The molecule has 0 bridgehead atoms. The fraction of sp³-hybridized carbons (Fsp3) is 0. The molecule has 2 N–H and O–H groups in total. The number of para-hydroxylation sites is 6. The minimum absolute atomic E-state index is 0.562. The van der Waals surface area contributed by atoms with Crippen LogP contribution in [0.25, 0.3) is 248 Å². The monoisotopic (exact) mass is 1840 g/mol. The molecule has 136 heavy (non-hydrogen) atoms. The van der Waals surface area contributed by atoms with Crippen molar-refractivity contribution < 1.29 is 9.68 Å². The van der Waals surface area contributed by atoms with E-state index in [1.807, 2.05) is 12.1 Å². The first-order valence-electron chi connectivity index (χ1n) is 45.8. The third-order valence-electron chi connectivity index (χ3n) is 27.3. The normalized spacial score (nSPS) is 11.7. The summed E-state index contributed by atoms with van der Waals surface area (Å²) in [4.78, 5) is 3.53. The van der Waals surface area contributed by atoms with Gasteiger partial charge in [0.05, 0.1) is 33.1 Å². The maximum Gasteiger partial charge on any atom is 0.569 e. The Morgan fingerprint density at radius 3 is 0.956 bits per heavy atom. The topological polar surface area (TPSA) is 60.0 Å². The Kier molecular flexibility index (Phi) is 20.5. The number of fused-ring (bicyclic) bond motifs is 21. The summed E-state index contributed by atoms with van der Waals surface area (Å²) < 4.78 is 12.9. The third kappa shape index (κ3) is 14.2. The van der Waals surface area contributed by atoms with Crippen LogP contribution in [0.1, 0.15) is 0 Å². The van der Waals surface area contributed by atoms with Crippen LogP contribution in [0.15, 0.2) is 472 Å². The van der Waals surface area contributed by atoms with Crippen LogP contribution in [-0.4, -0.2) is 31.4 Å². The van der Waals surface area contributed by atoms with Crippen molar-refractivity contribution in [3.8, 4) is 134 Å². The lowest BCUT2D eigenvalue weighted by molar-refractivity contribution is 0.454. The Labute approximate surface area is 804 Å². The van der Waals surface area contributed by atoms with Gasteiger partial charge in [0.25, 0.3) is 0 Å². The fourth-order valence-corrected chi connectivity index (χ4v) is 22.0. The van der Waals surface area contributed by atoms with E-state index in [2.05, 4.69) is 470 Å². The van der Waals surface area contributed by atoms with E-state index < -0.39 is 0 Å². The van der Waals surface area contributed by atoms with Gasteiger partial charge in [-0.1, -0.05) is 324 Å². The van der Waals surface area contributed by atoms with Gasteiger partial charge in [-0.05, 0) is 326 Å². The van der Waals surface area contributed by atoms with E-state index in [1.165, 1.54) is 242 Å². The van der Waals surface area contributed by atoms with Crippen LogP contribution < -0.4 is 4.65 Å². The quantitative estimate of drug-likeness (QED) is 0.142. The minimum atomic E-state index is 0.562. The summed E-state index contributed by atoms with van der Waals surface area (Å²) in [6.45, 7) is 0. The molecule has 29 rings (SSSR count). The fourth-order valence-electron chi connectivity index (χ4n) is 21.2. The van der Waals surface area contributed by atoms with E-state index >= 15 is 0 Å². The summed E-state index contributed by atoms with van der Waals surface area (Å²) in [5, 5.41) is 27.8. The molecule has 0 amide bonds. The van der Waals surface area contributed by atoms with E-state index in [0.29, 0.717) is 18.5 Å². The molecule has 4 heterocycles. The van der Waals surface area contributed by atoms with Gasteiger partial charge in [0.2, 0.25) is 0 Å². The summed E-state index contributed by atoms with van der Waals surface area (Å²) in [5.74, 6) is 0.562. The second kappa shape index (κ2) is 34.1. The molecule has 0 spiro atoms. The van der Waals surface area contributed by atoms with E-state index in [0.717, 1.165) is 15.2 Å². The van der Waals surface area contributed by atoms with E-state index in [1.54, 1.807) is 24.3 Å². The lowest BCUT2D eigenvalue weighted by Gasteiger charge is -2.11. The average Bonchev–Trinajstić information content (AvgIpc) is 1.48. The number of hydrogen-bond acceptors (Lipinski definition) is 2. The van der Waals surface area contributed by atoms with Crippen molar-refractivity contribution in [2.45, 2.75) is 0 Å². The van der Waals surface area contributed by atoms with Crippen LogP contribution in [-0.2, 0) is 0 Å². The average molecular weight is 1840 g/mol. The zero-order valence-electron chi connectivity index (χ0n) is 73.4. The van der Waals surface area contributed by atoms with Crippen LogP contribution in [0.2, 0.25) is 10.0 Å². The summed E-state index contributed by atoms with van der Waals surface area (Å²) in [6.07, 6.45) is 0. The Morgan fingerprint density at radius 1 is 0.221 bits per heavy atom. The highest BCUT2D eigenvalue weighted by atomic mass is 79.9. The number of nitrogens with one attached hydrogen (secondary N) is 1. The molecule has 0 aliphatic heterocycles. The first kappa shape index (κ1) is 81.7. The molecule has 639 valence electrons. The van der Waals surface area contributed by atoms with Gasteiger partial charge in [0, 0.05) is 85.7 Å². The Balaban J connectivity index is 0.000000101. The molecule has 3 aliphatic carbocycles. The highest BCUT2D eigenvalue weighted by Gasteiger charge is 2.27. The van der Waals surface area contributed by atoms with E-state index in [4.69, 9.17) is 28.2 Å². The highest BCUT2D eigenvalue weighted by molar-refractivity contribution is 9.10. The summed E-state index contributed by atoms with van der Waals surface area (Å²) in [6, 6.07) is 167. The van der Waals surface area contributed by atoms with Gasteiger partial charge < -0.3 is 28.4 Å². The number of H-pyrrole nitrogens is 1. The maximum atomic E-state index is 8.21. The Hall–Kier alpha value is -16.3. The predicted octanol–water partition coefficient (Wildman–Crippen LogP) is 35.4. The third-order valence-corrected chi connectivity index (χ3v) is 28.2. The van der Waals surface area contributed by atoms with Gasteiger partial charge in [-0.15, -0.1) is 0 Å². The number of rotatable bonds is 9. The molecule has 1 radical (unpaired) electrons. The van der Waals surface area contributed by atoms with Crippen molar-refractivity contribution >= 4 is 166 Å². The van der Waals surface area contributed by atoms with Crippen LogP contribution in [0.5, 0.6) is 5.75 Å².